The highest BCUT2D eigenvalue weighted by molar-refractivity contribution is 7.99. The zero-order valence-electron chi connectivity index (χ0n) is 12.6. The molecule has 2 aromatic rings. The van der Waals surface area contributed by atoms with E-state index in [4.69, 9.17) is 4.98 Å². The second-order valence-electron chi connectivity index (χ2n) is 6.05. The molecule has 114 valence electrons. The predicted octanol–water partition coefficient (Wildman–Crippen LogP) is 2.99. The van der Waals surface area contributed by atoms with Crippen LogP contribution < -0.4 is 5.32 Å². The van der Waals surface area contributed by atoms with E-state index in [1.807, 2.05) is 0 Å². The number of carbonyl (C=O) groups is 1. The smallest absolute Gasteiger partial charge is 0.223 e. The van der Waals surface area contributed by atoms with Gasteiger partial charge in [-0.05, 0) is 19.8 Å². The van der Waals surface area contributed by atoms with E-state index in [0.717, 1.165) is 47.2 Å². The van der Waals surface area contributed by atoms with Gasteiger partial charge in [0, 0.05) is 23.8 Å². The van der Waals surface area contributed by atoms with Crippen LogP contribution in [0.25, 0.3) is 11.3 Å². The van der Waals surface area contributed by atoms with Gasteiger partial charge in [-0.1, -0.05) is 41.6 Å². The maximum atomic E-state index is 11.9. The quantitative estimate of drug-likeness (QED) is 0.944. The van der Waals surface area contributed by atoms with E-state index in [1.54, 1.807) is 11.8 Å². The fourth-order valence-corrected chi connectivity index (χ4v) is 3.78. The predicted molar refractivity (Wildman–Crippen MR) is 87.7 cm³/mol. The lowest BCUT2D eigenvalue weighted by Crippen LogP contribution is -2.25. The molecule has 1 fully saturated rings. The van der Waals surface area contributed by atoms with E-state index >= 15 is 0 Å². The molecule has 2 heterocycles. The lowest BCUT2D eigenvalue weighted by molar-refractivity contribution is -0.122. The number of imidazole rings is 1. The Bertz CT molecular complexity index is 716. The molecule has 1 amide bonds. The van der Waals surface area contributed by atoms with Gasteiger partial charge in [-0.3, -0.25) is 4.79 Å². The summed E-state index contributed by atoms with van der Waals surface area (Å²) < 4.78 is 2.26. The van der Waals surface area contributed by atoms with E-state index in [0.29, 0.717) is 6.54 Å². The molecule has 5 heteroatoms. The molecule has 0 saturated heterocycles. The Balaban J connectivity index is 1.65. The molecular weight excluding hydrogens is 294 g/mol. The fourth-order valence-electron chi connectivity index (χ4n) is 2.82. The summed E-state index contributed by atoms with van der Waals surface area (Å²) in [4.78, 5) is 16.8. The molecule has 0 unspecified atom stereocenters. The SMILES string of the molecule is Cc1ccc(-c2nc3n(c2CNC(=O)C2CC2)CCS3)cc1. The van der Waals surface area contributed by atoms with E-state index in [-0.39, 0.29) is 11.8 Å². The number of nitrogens with one attached hydrogen (secondary N) is 1. The summed E-state index contributed by atoms with van der Waals surface area (Å²) in [5.74, 6) is 1.51. The van der Waals surface area contributed by atoms with Crippen LogP contribution in [0.1, 0.15) is 24.1 Å². The Kier molecular flexibility index (Phi) is 3.45. The maximum Gasteiger partial charge on any atom is 0.223 e. The summed E-state index contributed by atoms with van der Waals surface area (Å²) in [5.41, 5.74) is 4.52. The number of thioether (sulfide) groups is 1. The minimum atomic E-state index is 0.191. The molecule has 0 spiro atoms. The third-order valence-electron chi connectivity index (χ3n) is 4.29. The van der Waals surface area contributed by atoms with E-state index in [9.17, 15) is 4.79 Å². The van der Waals surface area contributed by atoms with Gasteiger partial charge in [0.25, 0.3) is 0 Å². The van der Waals surface area contributed by atoms with Crippen molar-refractivity contribution >= 4 is 17.7 Å². The number of fused-ring (bicyclic) bond motifs is 1. The highest BCUT2D eigenvalue weighted by Gasteiger charge is 2.30. The summed E-state index contributed by atoms with van der Waals surface area (Å²) in [6.07, 6.45) is 2.08. The van der Waals surface area contributed by atoms with Crippen LogP contribution in [0.15, 0.2) is 29.4 Å². The van der Waals surface area contributed by atoms with E-state index < -0.39 is 0 Å². The van der Waals surface area contributed by atoms with Crippen LogP contribution in [0.5, 0.6) is 0 Å². The van der Waals surface area contributed by atoms with Crippen LogP contribution >= 0.6 is 11.8 Å². The number of hydrogen-bond donors (Lipinski definition) is 1. The van der Waals surface area contributed by atoms with Gasteiger partial charge in [0.2, 0.25) is 5.91 Å². The summed E-state index contributed by atoms with van der Waals surface area (Å²) in [6, 6.07) is 8.45. The highest BCUT2D eigenvalue weighted by Crippen LogP contribution is 2.34. The molecule has 1 saturated carbocycles. The number of aromatic nitrogens is 2. The number of carbonyl (C=O) groups excluding carboxylic acids is 1. The van der Waals surface area contributed by atoms with Crippen molar-refractivity contribution in [2.24, 2.45) is 5.92 Å². The van der Waals surface area contributed by atoms with Crippen molar-refractivity contribution in [1.29, 1.82) is 0 Å². The average Bonchev–Trinajstić information content (AvgIpc) is 3.18. The molecule has 1 aliphatic carbocycles. The van der Waals surface area contributed by atoms with E-state index in [1.165, 1.54) is 5.56 Å². The summed E-state index contributed by atoms with van der Waals surface area (Å²) >= 11 is 1.79. The van der Waals surface area contributed by atoms with Crippen molar-refractivity contribution < 1.29 is 4.79 Å². The Hall–Kier alpha value is -1.75. The van der Waals surface area contributed by atoms with Crippen molar-refractivity contribution in [3.8, 4) is 11.3 Å². The first-order chi connectivity index (χ1) is 10.7. The van der Waals surface area contributed by atoms with Gasteiger partial charge in [-0.25, -0.2) is 4.98 Å². The molecule has 4 nitrogen and oxygen atoms in total. The zero-order chi connectivity index (χ0) is 15.1. The molecule has 1 aromatic heterocycles. The molecule has 22 heavy (non-hydrogen) atoms. The van der Waals surface area contributed by atoms with Crippen molar-refractivity contribution in [2.75, 3.05) is 5.75 Å². The lowest BCUT2D eigenvalue weighted by Gasteiger charge is -2.09. The molecule has 1 aliphatic heterocycles. The largest absolute Gasteiger partial charge is 0.350 e. The maximum absolute atomic E-state index is 11.9. The monoisotopic (exact) mass is 313 g/mol. The van der Waals surface area contributed by atoms with E-state index in [2.05, 4.69) is 41.1 Å². The Morgan fingerprint density at radius 3 is 2.86 bits per heavy atom. The third-order valence-corrected chi connectivity index (χ3v) is 5.24. The molecule has 1 aromatic carbocycles. The minimum Gasteiger partial charge on any atom is -0.350 e. The number of rotatable bonds is 4. The standard InChI is InChI=1S/C17H19N3OS/c1-11-2-4-12(5-3-11)15-14(10-18-16(21)13-6-7-13)20-8-9-22-17(20)19-15/h2-5,13H,6-10H2,1H3,(H,18,21). The first-order valence-corrected chi connectivity index (χ1v) is 8.78. The topological polar surface area (TPSA) is 46.9 Å². The lowest BCUT2D eigenvalue weighted by atomic mass is 10.1. The van der Waals surface area contributed by atoms with Gasteiger partial charge < -0.3 is 9.88 Å². The van der Waals surface area contributed by atoms with Crippen LogP contribution in [-0.2, 0) is 17.9 Å². The number of amides is 1. The number of nitrogens with zero attached hydrogens (tertiary/aromatic N) is 2. The zero-order valence-corrected chi connectivity index (χ0v) is 13.4. The molecule has 0 bridgehead atoms. The molecule has 4 rings (SSSR count). The minimum absolute atomic E-state index is 0.191. The summed E-state index contributed by atoms with van der Waals surface area (Å²) in [7, 11) is 0. The molecule has 0 atom stereocenters. The van der Waals surface area contributed by atoms with Crippen molar-refractivity contribution in [3.05, 3.63) is 35.5 Å². The van der Waals surface area contributed by atoms with Gasteiger partial charge in [0.05, 0.1) is 17.9 Å². The van der Waals surface area contributed by atoms with Gasteiger partial charge in [0.15, 0.2) is 5.16 Å². The van der Waals surface area contributed by atoms with Crippen molar-refractivity contribution in [2.45, 2.75) is 38.0 Å². The van der Waals surface area contributed by atoms with Crippen LogP contribution in [0.3, 0.4) is 0 Å². The first kappa shape index (κ1) is 13.9. The Morgan fingerprint density at radius 2 is 2.14 bits per heavy atom. The Labute approximate surface area is 134 Å². The second-order valence-corrected chi connectivity index (χ2v) is 7.11. The van der Waals surface area contributed by atoms with Crippen LogP contribution in [0.4, 0.5) is 0 Å². The van der Waals surface area contributed by atoms with Gasteiger partial charge in [-0.15, -0.1) is 0 Å². The number of aryl methyl sites for hydroxylation is 1. The third kappa shape index (κ3) is 2.54. The van der Waals surface area contributed by atoms with Crippen molar-refractivity contribution in [3.63, 3.8) is 0 Å². The first-order valence-electron chi connectivity index (χ1n) is 7.79. The number of hydrogen-bond acceptors (Lipinski definition) is 3. The van der Waals surface area contributed by atoms with Crippen LogP contribution in [0, 0.1) is 12.8 Å². The average molecular weight is 313 g/mol. The van der Waals surface area contributed by atoms with Crippen LogP contribution in [0.2, 0.25) is 0 Å². The number of benzene rings is 1. The van der Waals surface area contributed by atoms with Gasteiger partial charge in [0.1, 0.15) is 0 Å². The molecule has 1 N–H and O–H groups in total. The summed E-state index contributed by atoms with van der Waals surface area (Å²) in [5, 5.41) is 4.16. The second kappa shape index (κ2) is 5.47. The van der Waals surface area contributed by atoms with Gasteiger partial charge >= 0.3 is 0 Å². The fraction of sp³-hybridized carbons (Fsp3) is 0.412. The molecular formula is C17H19N3OS. The summed E-state index contributed by atoms with van der Waals surface area (Å²) in [6.45, 7) is 3.64. The highest BCUT2D eigenvalue weighted by atomic mass is 32.2. The normalized spacial score (nSPS) is 16.6. The van der Waals surface area contributed by atoms with Crippen molar-refractivity contribution in [1.82, 2.24) is 14.9 Å². The Morgan fingerprint density at radius 1 is 1.36 bits per heavy atom. The molecule has 2 aliphatic rings. The van der Waals surface area contributed by atoms with Crippen LogP contribution in [-0.4, -0.2) is 21.2 Å². The van der Waals surface area contributed by atoms with Gasteiger partial charge in [-0.2, -0.15) is 0 Å². The molecule has 0 radical (unpaired) electrons.